The first-order valence-electron chi connectivity index (χ1n) is 7.08. The van der Waals surface area contributed by atoms with Crippen LogP contribution in [0.5, 0.6) is 6.01 Å². The first kappa shape index (κ1) is 16.9. The maximum atomic E-state index is 9.04. The predicted octanol–water partition coefficient (Wildman–Crippen LogP) is 2.52. The number of nitrogens with one attached hydrogen (secondary N) is 1. The highest BCUT2D eigenvalue weighted by molar-refractivity contribution is 6.28. The summed E-state index contributed by atoms with van der Waals surface area (Å²) >= 11 is 5.84. The summed E-state index contributed by atoms with van der Waals surface area (Å²) in [6, 6.07) is 0.239. The first-order chi connectivity index (χ1) is 9.69. The molecule has 0 bridgehead atoms. The third-order valence-corrected chi connectivity index (χ3v) is 2.98. The number of nitrogens with zero attached hydrogens (tertiary/aromatic N) is 3. The smallest absolute Gasteiger partial charge is 0.322 e. The highest BCUT2D eigenvalue weighted by atomic mass is 35.5. The van der Waals surface area contributed by atoms with Crippen LogP contribution >= 0.6 is 11.6 Å². The molecule has 0 saturated heterocycles. The molecule has 1 heterocycles. The van der Waals surface area contributed by atoms with E-state index < -0.39 is 0 Å². The zero-order valence-corrected chi connectivity index (χ0v) is 12.9. The Bertz CT molecular complexity index is 387. The number of hydrogen-bond donors (Lipinski definition) is 2. The number of hydrogen-bond acceptors (Lipinski definition) is 6. The highest BCUT2D eigenvalue weighted by Crippen LogP contribution is 2.14. The van der Waals surface area contributed by atoms with E-state index in [0.717, 1.165) is 25.7 Å². The van der Waals surface area contributed by atoms with Gasteiger partial charge in [0.15, 0.2) is 0 Å². The lowest BCUT2D eigenvalue weighted by atomic mass is 10.0. The second-order valence-corrected chi connectivity index (χ2v) is 4.95. The number of rotatable bonds is 10. The van der Waals surface area contributed by atoms with Crippen molar-refractivity contribution in [3.05, 3.63) is 5.28 Å². The van der Waals surface area contributed by atoms with Gasteiger partial charge in [-0.15, -0.1) is 0 Å². The van der Waals surface area contributed by atoms with E-state index in [1.165, 1.54) is 0 Å². The summed E-state index contributed by atoms with van der Waals surface area (Å²) in [7, 11) is 0. The number of halogens is 1. The van der Waals surface area contributed by atoms with Crippen molar-refractivity contribution >= 4 is 17.5 Å². The monoisotopic (exact) mass is 302 g/mol. The van der Waals surface area contributed by atoms with Gasteiger partial charge in [-0.05, 0) is 36.8 Å². The number of aromatic nitrogens is 3. The third-order valence-electron chi connectivity index (χ3n) is 2.81. The molecule has 7 heteroatoms. The molecule has 0 radical (unpaired) electrons. The second-order valence-electron chi connectivity index (χ2n) is 4.61. The molecule has 0 saturated carbocycles. The maximum Gasteiger partial charge on any atom is 0.322 e. The van der Waals surface area contributed by atoms with E-state index in [4.69, 9.17) is 21.4 Å². The zero-order valence-electron chi connectivity index (χ0n) is 12.1. The van der Waals surface area contributed by atoms with Gasteiger partial charge in [-0.3, -0.25) is 0 Å². The Morgan fingerprint density at radius 2 is 2.00 bits per heavy atom. The summed E-state index contributed by atoms with van der Waals surface area (Å²) in [5, 5.41) is 12.3. The molecule has 0 aromatic carbocycles. The van der Waals surface area contributed by atoms with Crippen LogP contribution in [0.1, 0.15) is 39.5 Å². The summed E-state index contributed by atoms with van der Waals surface area (Å²) in [5.74, 6) is 0.802. The molecule has 20 heavy (non-hydrogen) atoms. The Kier molecular flexibility index (Phi) is 8.22. The largest absolute Gasteiger partial charge is 0.463 e. The van der Waals surface area contributed by atoms with Crippen LogP contribution in [0.4, 0.5) is 5.95 Å². The van der Waals surface area contributed by atoms with Crippen LogP contribution in [-0.4, -0.2) is 39.8 Å². The molecule has 1 atom stereocenters. The van der Waals surface area contributed by atoms with E-state index in [-0.39, 0.29) is 17.9 Å². The summed E-state index contributed by atoms with van der Waals surface area (Å²) in [6.45, 7) is 5.56. The van der Waals surface area contributed by atoms with Gasteiger partial charge in [-0.1, -0.05) is 20.3 Å². The normalized spacial score (nSPS) is 12.2. The SMILES string of the molecule is CCCOc1nc(Cl)nc(NCC(CCC)CCO)n1. The van der Waals surface area contributed by atoms with Crippen molar-refractivity contribution in [1.82, 2.24) is 15.0 Å². The number of anilines is 1. The Morgan fingerprint density at radius 1 is 1.20 bits per heavy atom. The molecule has 0 aliphatic heterocycles. The fourth-order valence-corrected chi connectivity index (χ4v) is 2.00. The summed E-state index contributed by atoms with van der Waals surface area (Å²) in [5.41, 5.74) is 0. The molecule has 0 fully saturated rings. The van der Waals surface area contributed by atoms with Crippen molar-refractivity contribution in [2.24, 2.45) is 5.92 Å². The van der Waals surface area contributed by atoms with Gasteiger partial charge in [0.25, 0.3) is 0 Å². The molecule has 6 nitrogen and oxygen atoms in total. The molecule has 0 amide bonds. The fraction of sp³-hybridized carbons (Fsp3) is 0.769. The topological polar surface area (TPSA) is 80.2 Å². The Morgan fingerprint density at radius 3 is 2.65 bits per heavy atom. The first-order valence-corrected chi connectivity index (χ1v) is 7.46. The summed E-state index contributed by atoms with van der Waals surface area (Å²) in [6.07, 6.45) is 3.76. The minimum Gasteiger partial charge on any atom is -0.463 e. The third kappa shape index (κ3) is 6.34. The van der Waals surface area contributed by atoms with E-state index in [0.29, 0.717) is 25.0 Å². The standard InChI is InChI=1S/C13H23ClN4O2/c1-3-5-10(6-7-19)9-15-12-16-11(14)17-13(18-12)20-8-4-2/h10,19H,3-9H2,1-2H3,(H,15,16,17,18). The maximum absolute atomic E-state index is 9.04. The Balaban J connectivity index is 2.59. The van der Waals surface area contributed by atoms with Crippen LogP contribution < -0.4 is 10.1 Å². The van der Waals surface area contributed by atoms with Gasteiger partial charge in [0.2, 0.25) is 11.2 Å². The average molecular weight is 303 g/mol. The van der Waals surface area contributed by atoms with Crippen molar-refractivity contribution in [2.75, 3.05) is 25.1 Å². The quantitative estimate of drug-likeness (QED) is 0.691. The van der Waals surface area contributed by atoms with Crippen molar-refractivity contribution in [3.63, 3.8) is 0 Å². The van der Waals surface area contributed by atoms with E-state index in [1.807, 2.05) is 6.92 Å². The molecule has 1 unspecified atom stereocenters. The molecule has 1 aromatic heterocycles. The van der Waals surface area contributed by atoms with Gasteiger partial charge in [-0.2, -0.15) is 15.0 Å². The number of ether oxygens (including phenoxy) is 1. The van der Waals surface area contributed by atoms with Gasteiger partial charge in [-0.25, -0.2) is 0 Å². The molecule has 0 spiro atoms. The van der Waals surface area contributed by atoms with Crippen LogP contribution in [0, 0.1) is 5.92 Å². The molecule has 0 aliphatic carbocycles. The number of aliphatic hydroxyl groups excluding tert-OH is 1. The van der Waals surface area contributed by atoms with Crippen molar-refractivity contribution in [2.45, 2.75) is 39.5 Å². The van der Waals surface area contributed by atoms with E-state index in [9.17, 15) is 0 Å². The molecule has 1 aromatic rings. The summed E-state index contributed by atoms with van der Waals surface area (Å²) < 4.78 is 5.35. The Labute approximate surface area is 125 Å². The van der Waals surface area contributed by atoms with Gasteiger partial charge in [0.1, 0.15) is 0 Å². The van der Waals surface area contributed by atoms with Gasteiger partial charge < -0.3 is 15.2 Å². The minimum absolute atomic E-state index is 0.114. The number of aliphatic hydroxyl groups is 1. The predicted molar refractivity (Wildman–Crippen MR) is 79.2 cm³/mol. The van der Waals surface area contributed by atoms with Crippen LogP contribution in [0.25, 0.3) is 0 Å². The van der Waals surface area contributed by atoms with Crippen molar-refractivity contribution in [1.29, 1.82) is 0 Å². The van der Waals surface area contributed by atoms with E-state index in [2.05, 4.69) is 27.2 Å². The highest BCUT2D eigenvalue weighted by Gasteiger charge is 2.10. The fourth-order valence-electron chi connectivity index (χ4n) is 1.84. The molecule has 0 aliphatic rings. The molecule has 114 valence electrons. The molecular weight excluding hydrogens is 280 g/mol. The van der Waals surface area contributed by atoms with Crippen LogP contribution in [0.15, 0.2) is 0 Å². The van der Waals surface area contributed by atoms with Crippen LogP contribution in [0.2, 0.25) is 5.28 Å². The van der Waals surface area contributed by atoms with Gasteiger partial charge in [0.05, 0.1) is 6.61 Å². The molecule has 1 rings (SSSR count). The van der Waals surface area contributed by atoms with E-state index >= 15 is 0 Å². The average Bonchev–Trinajstić information content (AvgIpc) is 2.42. The zero-order chi connectivity index (χ0) is 14.8. The lowest BCUT2D eigenvalue weighted by molar-refractivity contribution is 0.255. The molecule has 2 N–H and O–H groups in total. The van der Waals surface area contributed by atoms with Gasteiger partial charge in [0, 0.05) is 13.2 Å². The van der Waals surface area contributed by atoms with Crippen LogP contribution in [0.3, 0.4) is 0 Å². The summed E-state index contributed by atoms with van der Waals surface area (Å²) in [4.78, 5) is 12.1. The lowest BCUT2D eigenvalue weighted by Gasteiger charge is -2.15. The second kappa shape index (κ2) is 9.72. The Hall–Kier alpha value is -1.14. The van der Waals surface area contributed by atoms with Crippen molar-refractivity contribution < 1.29 is 9.84 Å². The van der Waals surface area contributed by atoms with Crippen molar-refractivity contribution in [3.8, 4) is 6.01 Å². The van der Waals surface area contributed by atoms with E-state index in [1.54, 1.807) is 0 Å². The lowest BCUT2D eigenvalue weighted by Crippen LogP contribution is -2.17. The van der Waals surface area contributed by atoms with Crippen LogP contribution in [-0.2, 0) is 0 Å². The minimum atomic E-state index is 0.114. The van der Waals surface area contributed by atoms with Gasteiger partial charge >= 0.3 is 6.01 Å². The molecular formula is C13H23ClN4O2.